The Hall–Kier alpha value is -3.08. The fourth-order valence-electron chi connectivity index (χ4n) is 11.5. The van der Waals surface area contributed by atoms with E-state index < -0.39 is 63.8 Å². The Balaban J connectivity index is 1.45. The van der Waals surface area contributed by atoms with Gasteiger partial charge in [0.25, 0.3) is 0 Å². The van der Waals surface area contributed by atoms with Crippen LogP contribution < -0.4 is 0 Å². The number of ketones is 1. The summed E-state index contributed by atoms with van der Waals surface area (Å²) in [6.45, 7) is 8.35. The molecule has 1 spiro atoms. The average molecular weight is 621 g/mol. The quantitative estimate of drug-likeness (QED) is 0.242. The highest BCUT2D eigenvalue weighted by Gasteiger charge is 2.84. The molecule has 10 nitrogen and oxygen atoms in total. The van der Waals surface area contributed by atoms with Gasteiger partial charge in [0.1, 0.15) is 12.7 Å². The van der Waals surface area contributed by atoms with E-state index in [9.17, 15) is 34.5 Å². The highest BCUT2D eigenvalue weighted by molar-refractivity contribution is 6.12. The van der Waals surface area contributed by atoms with Crippen molar-refractivity contribution in [2.75, 3.05) is 13.7 Å². The molecule has 12 unspecified atom stereocenters. The molecule has 3 N–H and O–H groups in total. The first kappa shape index (κ1) is 29.3. The van der Waals surface area contributed by atoms with Crippen LogP contribution in [-0.2, 0) is 33.4 Å². The minimum absolute atomic E-state index is 0.0361. The van der Waals surface area contributed by atoms with Gasteiger partial charge in [-0.1, -0.05) is 19.9 Å². The molecule has 240 valence electrons. The number of Topliss-reactive ketones (excluding diaryl/α,β-unsaturated/α-hetero) is 1. The van der Waals surface area contributed by atoms with Crippen molar-refractivity contribution in [1.29, 1.82) is 0 Å². The van der Waals surface area contributed by atoms with Gasteiger partial charge in [-0.15, -0.1) is 0 Å². The Bertz CT molecular complexity index is 1660. The van der Waals surface area contributed by atoms with E-state index in [1.165, 1.54) is 14.0 Å². The molecule has 45 heavy (non-hydrogen) atoms. The minimum atomic E-state index is -1.56. The van der Waals surface area contributed by atoms with Gasteiger partial charge in [0, 0.05) is 33.6 Å². The summed E-state index contributed by atoms with van der Waals surface area (Å²) in [4.78, 5) is 54.3. The molecule has 12 atom stereocenters. The van der Waals surface area contributed by atoms with Crippen LogP contribution in [0, 0.1) is 46.3 Å². The van der Waals surface area contributed by atoms with Gasteiger partial charge in [-0.3, -0.25) is 4.79 Å². The molecule has 0 amide bonds. The fraction of sp³-hybridized carbons (Fsp3) is 0.657. The van der Waals surface area contributed by atoms with Crippen molar-refractivity contribution in [3.8, 4) is 0 Å². The van der Waals surface area contributed by atoms with E-state index in [2.05, 4.69) is 6.92 Å². The third-order valence-electron chi connectivity index (χ3n) is 13.8. The lowest BCUT2D eigenvalue weighted by molar-refractivity contribution is -0.172. The number of methoxy groups -OCH3 is 1. The molecule has 5 saturated carbocycles. The van der Waals surface area contributed by atoms with Gasteiger partial charge in [0.2, 0.25) is 0 Å². The monoisotopic (exact) mass is 620 g/mol. The highest BCUT2D eigenvalue weighted by atomic mass is 16.6. The second kappa shape index (κ2) is 8.63. The lowest BCUT2D eigenvalue weighted by Crippen LogP contribution is -2.66. The van der Waals surface area contributed by atoms with E-state index in [1.54, 1.807) is 26.8 Å². The Kier molecular flexibility index (Phi) is 5.63. The largest absolute Gasteiger partial charge is 0.466 e. The fourth-order valence-corrected chi connectivity index (χ4v) is 11.5. The average Bonchev–Trinajstić information content (AvgIpc) is 3.92. The van der Waals surface area contributed by atoms with Crippen molar-refractivity contribution in [1.82, 2.24) is 0 Å². The zero-order valence-corrected chi connectivity index (χ0v) is 26.4. The van der Waals surface area contributed by atoms with E-state index in [0.29, 0.717) is 28.7 Å². The number of esters is 3. The predicted molar refractivity (Wildman–Crippen MR) is 156 cm³/mol. The second-order valence-electron chi connectivity index (χ2n) is 15.2. The van der Waals surface area contributed by atoms with Gasteiger partial charge in [-0.2, -0.15) is 0 Å². The molecule has 1 heterocycles. The Labute approximate surface area is 261 Å². The summed E-state index contributed by atoms with van der Waals surface area (Å²) in [7, 11) is 1.21. The van der Waals surface area contributed by atoms with Crippen molar-refractivity contribution >= 4 is 23.7 Å². The third kappa shape index (κ3) is 3.08. The summed E-state index contributed by atoms with van der Waals surface area (Å²) in [5.74, 6) is -3.65. The maximum absolute atomic E-state index is 14.4. The van der Waals surface area contributed by atoms with Gasteiger partial charge >= 0.3 is 17.9 Å². The standard InChI is InChI=1S/C35H40O10/c1-7-13(2)29(39)44-12-16-18-9-21-25(36)15-8-17(15)32(21,4)22-11-34(42)20-10-19(20)33(5)27(34)24(35(18,22)45-31(16)41)23(26(37)28(33)38)14(3)30(40)43-6/h7,15,17,19-22,25,28,36,38,42H,8-12H2,1-6H3. The van der Waals surface area contributed by atoms with Crippen LogP contribution in [-0.4, -0.2) is 76.1 Å². The van der Waals surface area contributed by atoms with Gasteiger partial charge in [-0.05, 0) is 92.6 Å². The molecule has 5 fully saturated rings. The summed E-state index contributed by atoms with van der Waals surface area (Å²) < 4.78 is 17.2. The number of allylic oxidation sites excluding steroid dienone is 1. The number of ether oxygens (including phenoxy) is 3. The molecule has 8 rings (SSSR count). The summed E-state index contributed by atoms with van der Waals surface area (Å²) in [6.07, 6.45) is 1.43. The van der Waals surface area contributed by atoms with Crippen LogP contribution in [0.5, 0.6) is 0 Å². The molecule has 1 aliphatic heterocycles. The normalized spacial score (nSPS) is 49.3. The molecule has 7 aliphatic carbocycles. The van der Waals surface area contributed by atoms with Gasteiger partial charge in [-0.25, -0.2) is 14.4 Å². The number of hydrogen-bond acceptors (Lipinski definition) is 10. The van der Waals surface area contributed by atoms with E-state index in [4.69, 9.17) is 14.2 Å². The molecule has 0 bridgehead atoms. The molecule has 8 aliphatic rings. The van der Waals surface area contributed by atoms with E-state index in [1.807, 2.05) is 0 Å². The SMILES string of the molecule is CC=C(C)C(=O)OCC1=C2CC3C(O)C4CC4C3(C)C3CC4(O)C5=C(C(=C(C)C(=O)OC)C(=O)C(O)C5(C)C5CC54)C23OC1=O. The van der Waals surface area contributed by atoms with Crippen LogP contribution in [0.1, 0.15) is 60.3 Å². The summed E-state index contributed by atoms with van der Waals surface area (Å²) in [5, 5.41) is 36.1. The van der Waals surface area contributed by atoms with Crippen molar-refractivity contribution in [2.45, 2.75) is 83.7 Å². The molecule has 0 saturated heterocycles. The van der Waals surface area contributed by atoms with Crippen LogP contribution in [0.2, 0.25) is 0 Å². The minimum Gasteiger partial charge on any atom is -0.466 e. The van der Waals surface area contributed by atoms with Crippen molar-refractivity contribution in [3.05, 3.63) is 45.1 Å². The summed E-state index contributed by atoms with van der Waals surface area (Å²) in [6, 6.07) is 0. The third-order valence-corrected chi connectivity index (χ3v) is 13.8. The zero-order valence-electron chi connectivity index (χ0n) is 26.4. The number of carbonyl (C=O) groups excluding carboxylic acids is 4. The number of hydrogen-bond donors (Lipinski definition) is 3. The molecule has 10 heteroatoms. The zero-order chi connectivity index (χ0) is 32.3. The molecule has 0 radical (unpaired) electrons. The number of fused-ring (bicyclic) bond motifs is 7. The van der Waals surface area contributed by atoms with Gasteiger partial charge in [0.15, 0.2) is 11.4 Å². The number of aliphatic hydroxyl groups excluding tert-OH is 2. The lowest BCUT2D eigenvalue weighted by atomic mass is 9.43. The molecule has 0 aromatic carbocycles. The first-order valence-electron chi connectivity index (χ1n) is 16.1. The van der Waals surface area contributed by atoms with Crippen LogP contribution in [0.15, 0.2) is 45.1 Å². The molecular formula is C35H40O10. The number of aliphatic hydroxyl groups is 3. The lowest BCUT2D eigenvalue weighted by Gasteiger charge is -2.62. The van der Waals surface area contributed by atoms with Crippen molar-refractivity contribution in [3.63, 3.8) is 0 Å². The Morgan fingerprint density at radius 2 is 1.76 bits per heavy atom. The maximum atomic E-state index is 14.4. The number of rotatable bonds is 4. The first-order valence-corrected chi connectivity index (χ1v) is 16.1. The van der Waals surface area contributed by atoms with Crippen LogP contribution in [0.25, 0.3) is 0 Å². The van der Waals surface area contributed by atoms with Crippen LogP contribution >= 0.6 is 0 Å². The highest BCUT2D eigenvalue weighted by Crippen LogP contribution is 2.82. The van der Waals surface area contributed by atoms with Crippen molar-refractivity contribution < 1.29 is 48.7 Å². The van der Waals surface area contributed by atoms with Gasteiger partial charge < -0.3 is 29.5 Å². The van der Waals surface area contributed by atoms with Crippen LogP contribution in [0.4, 0.5) is 0 Å². The predicted octanol–water partition coefficient (Wildman–Crippen LogP) is 2.26. The van der Waals surface area contributed by atoms with E-state index in [-0.39, 0.29) is 65.8 Å². The van der Waals surface area contributed by atoms with Crippen molar-refractivity contribution in [2.24, 2.45) is 46.3 Å². The smallest absolute Gasteiger partial charge is 0.338 e. The van der Waals surface area contributed by atoms with E-state index in [0.717, 1.165) is 6.42 Å². The number of carbonyl (C=O) groups is 4. The summed E-state index contributed by atoms with van der Waals surface area (Å²) >= 11 is 0. The summed E-state index contributed by atoms with van der Waals surface area (Å²) in [5.41, 5.74) is -2.95. The van der Waals surface area contributed by atoms with Crippen LogP contribution in [0.3, 0.4) is 0 Å². The topological polar surface area (TPSA) is 157 Å². The molecule has 0 aromatic heterocycles. The molecular weight excluding hydrogens is 580 g/mol. The van der Waals surface area contributed by atoms with E-state index >= 15 is 0 Å². The second-order valence-corrected chi connectivity index (χ2v) is 15.2. The maximum Gasteiger partial charge on any atom is 0.338 e. The van der Waals surface area contributed by atoms with Gasteiger partial charge in [0.05, 0.1) is 24.4 Å². The first-order chi connectivity index (χ1) is 21.1. The Morgan fingerprint density at radius 1 is 1.04 bits per heavy atom. The Morgan fingerprint density at radius 3 is 2.42 bits per heavy atom. The molecule has 0 aromatic rings.